The molecule has 1 rings (SSSR count). The van der Waals surface area contributed by atoms with Crippen molar-refractivity contribution in [1.82, 2.24) is 0 Å². The van der Waals surface area contributed by atoms with Gasteiger partial charge in [-0.25, -0.2) is 0 Å². The zero-order chi connectivity index (χ0) is 14.3. The number of rotatable bonds is 7. The monoisotopic (exact) mass is 277 g/mol. The Labute approximate surface area is 120 Å². The Bertz CT molecular complexity index is 438. The van der Waals surface area contributed by atoms with Gasteiger partial charge in [-0.3, -0.25) is 0 Å². The van der Waals surface area contributed by atoms with Gasteiger partial charge in [0.2, 0.25) is 0 Å². The maximum absolute atomic E-state index is 9.36. The Hall–Kier alpha value is -1.18. The van der Waals surface area contributed by atoms with Crippen LogP contribution in [-0.4, -0.2) is 18.3 Å². The van der Waals surface area contributed by atoms with Crippen molar-refractivity contribution in [3.8, 4) is 6.07 Å². The van der Waals surface area contributed by atoms with Crippen molar-refractivity contribution in [2.75, 3.05) is 17.6 Å². The van der Waals surface area contributed by atoms with Crippen LogP contribution in [0, 0.1) is 17.2 Å². The lowest BCUT2D eigenvalue weighted by atomic mass is 10.0. The molecule has 3 N–H and O–H groups in total. The SMILES string of the molecule is CCSc1cccc(NC(CN)CC(C)C)c1C#N. The van der Waals surface area contributed by atoms with E-state index in [2.05, 4.69) is 32.2 Å². The second-order valence-electron chi connectivity index (χ2n) is 4.93. The van der Waals surface area contributed by atoms with Gasteiger partial charge in [-0.1, -0.05) is 26.8 Å². The minimum absolute atomic E-state index is 0.217. The molecule has 0 saturated carbocycles. The number of nitrogens with one attached hydrogen (secondary N) is 1. The van der Waals surface area contributed by atoms with E-state index in [1.165, 1.54) is 0 Å². The summed E-state index contributed by atoms with van der Waals surface area (Å²) in [5.41, 5.74) is 7.44. The van der Waals surface area contributed by atoms with E-state index in [1.807, 2.05) is 18.2 Å². The predicted molar refractivity (Wildman–Crippen MR) is 83.5 cm³/mol. The molecule has 0 aliphatic heterocycles. The summed E-state index contributed by atoms with van der Waals surface area (Å²) in [6.45, 7) is 7.03. The molecular formula is C15H23N3S. The van der Waals surface area contributed by atoms with Crippen LogP contribution in [-0.2, 0) is 0 Å². The second kappa shape index (κ2) is 8.08. The van der Waals surface area contributed by atoms with E-state index in [-0.39, 0.29) is 6.04 Å². The van der Waals surface area contributed by atoms with Crippen LogP contribution in [0.1, 0.15) is 32.8 Å². The number of nitrogens with zero attached hydrogens (tertiary/aromatic N) is 1. The Balaban J connectivity index is 2.93. The van der Waals surface area contributed by atoms with Crippen molar-refractivity contribution in [3.63, 3.8) is 0 Å². The Morgan fingerprint density at radius 3 is 2.68 bits per heavy atom. The minimum atomic E-state index is 0.217. The first-order chi connectivity index (χ1) is 9.12. The van der Waals surface area contributed by atoms with Crippen LogP contribution >= 0.6 is 11.8 Å². The smallest absolute Gasteiger partial charge is 0.102 e. The average Bonchev–Trinajstić information content (AvgIpc) is 2.38. The Morgan fingerprint density at radius 2 is 2.16 bits per heavy atom. The molecule has 19 heavy (non-hydrogen) atoms. The first-order valence-corrected chi connectivity index (χ1v) is 7.73. The van der Waals surface area contributed by atoms with Crippen LogP contribution in [0.15, 0.2) is 23.1 Å². The van der Waals surface area contributed by atoms with Crippen molar-refractivity contribution in [1.29, 1.82) is 5.26 Å². The fraction of sp³-hybridized carbons (Fsp3) is 0.533. The van der Waals surface area contributed by atoms with Gasteiger partial charge in [-0.05, 0) is 30.2 Å². The van der Waals surface area contributed by atoms with Crippen molar-refractivity contribution in [2.45, 2.75) is 38.1 Å². The highest BCUT2D eigenvalue weighted by atomic mass is 32.2. The molecule has 0 heterocycles. The van der Waals surface area contributed by atoms with Crippen LogP contribution in [0.5, 0.6) is 0 Å². The highest BCUT2D eigenvalue weighted by molar-refractivity contribution is 7.99. The van der Waals surface area contributed by atoms with Gasteiger partial charge in [0.1, 0.15) is 6.07 Å². The van der Waals surface area contributed by atoms with Gasteiger partial charge >= 0.3 is 0 Å². The first kappa shape index (κ1) is 15.9. The molecule has 0 radical (unpaired) electrons. The van der Waals surface area contributed by atoms with E-state index in [0.29, 0.717) is 12.5 Å². The number of nitrogens with two attached hydrogens (primary N) is 1. The van der Waals surface area contributed by atoms with E-state index in [0.717, 1.165) is 28.3 Å². The molecule has 0 aromatic heterocycles. The van der Waals surface area contributed by atoms with Crippen molar-refractivity contribution in [2.24, 2.45) is 11.7 Å². The lowest BCUT2D eigenvalue weighted by Gasteiger charge is -2.21. The van der Waals surface area contributed by atoms with Gasteiger partial charge in [-0.15, -0.1) is 11.8 Å². The molecule has 0 aliphatic carbocycles. The fourth-order valence-electron chi connectivity index (χ4n) is 2.05. The summed E-state index contributed by atoms with van der Waals surface area (Å²) in [7, 11) is 0. The van der Waals surface area contributed by atoms with Gasteiger partial charge in [0, 0.05) is 17.5 Å². The molecule has 1 aromatic rings. The summed E-state index contributed by atoms with van der Waals surface area (Å²) >= 11 is 1.70. The van der Waals surface area contributed by atoms with Crippen molar-refractivity contribution in [3.05, 3.63) is 23.8 Å². The first-order valence-electron chi connectivity index (χ1n) is 6.74. The van der Waals surface area contributed by atoms with E-state index in [9.17, 15) is 5.26 Å². The number of benzene rings is 1. The van der Waals surface area contributed by atoms with Crippen LogP contribution in [0.4, 0.5) is 5.69 Å². The third-order valence-corrected chi connectivity index (χ3v) is 3.78. The van der Waals surface area contributed by atoms with Gasteiger partial charge in [0.15, 0.2) is 0 Å². The zero-order valence-corrected chi connectivity index (χ0v) is 12.8. The molecule has 0 bridgehead atoms. The lowest BCUT2D eigenvalue weighted by molar-refractivity contribution is 0.522. The molecule has 104 valence electrons. The van der Waals surface area contributed by atoms with Crippen molar-refractivity contribution < 1.29 is 0 Å². The van der Waals surface area contributed by atoms with Crippen LogP contribution in [0.3, 0.4) is 0 Å². The standard InChI is InChI=1S/C15H23N3S/c1-4-19-15-7-5-6-14(13(15)10-17)18-12(9-16)8-11(2)3/h5-7,11-12,18H,4,8-9,16H2,1-3H3. The quantitative estimate of drug-likeness (QED) is 0.749. The molecule has 0 spiro atoms. The topological polar surface area (TPSA) is 61.8 Å². The van der Waals surface area contributed by atoms with Gasteiger partial charge in [-0.2, -0.15) is 5.26 Å². The summed E-state index contributed by atoms with van der Waals surface area (Å²) in [4.78, 5) is 1.04. The lowest BCUT2D eigenvalue weighted by Crippen LogP contribution is -2.30. The Kier molecular flexibility index (Phi) is 6.75. The average molecular weight is 277 g/mol. The highest BCUT2D eigenvalue weighted by Gasteiger charge is 2.13. The highest BCUT2D eigenvalue weighted by Crippen LogP contribution is 2.28. The van der Waals surface area contributed by atoms with Crippen molar-refractivity contribution >= 4 is 17.4 Å². The molecule has 0 saturated heterocycles. The third-order valence-electron chi connectivity index (χ3n) is 2.84. The number of thioether (sulfide) groups is 1. The molecule has 1 unspecified atom stereocenters. The predicted octanol–water partition coefficient (Wildman–Crippen LogP) is 3.46. The molecule has 0 fully saturated rings. The number of hydrogen-bond acceptors (Lipinski definition) is 4. The maximum Gasteiger partial charge on any atom is 0.102 e. The number of nitriles is 1. The van der Waals surface area contributed by atoms with Gasteiger partial charge < -0.3 is 11.1 Å². The maximum atomic E-state index is 9.36. The molecule has 1 atom stereocenters. The molecule has 0 aliphatic rings. The normalized spacial score (nSPS) is 12.2. The molecular weight excluding hydrogens is 254 g/mol. The number of hydrogen-bond donors (Lipinski definition) is 2. The Morgan fingerprint density at radius 1 is 1.42 bits per heavy atom. The fourth-order valence-corrected chi connectivity index (χ4v) is 2.83. The van der Waals surface area contributed by atoms with E-state index in [4.69, 9.17) is 5.73 Å². The van der Waals surface area contributed by atoms with E-state index >= 15 is 0 Å². The summed E-state index contributed by atoms with van der Waals surface area (Å²) in [5, 5.41) is 12.8. The zero-order valence-electron chi connectivity index (χ0n) is 11.9. The minimum Gasteiger partial charge on any atom is -0.380 e. The van der Waals surface area contributed by atoms with Gasteiger partial charge in [0.25, 0.3) is 0 Å². The van der Waals surface area contributed by atoms with Crippen LogP contribution in [0.25, 0.3) is 0 Å². The molecule has 4 heteroatoms. The number of anilines is 1. The molecule has 0 amide bonds. The van der Waals surface area contributed by atoms with Crippen LogP contribution in [0.2, 0.25) is 0 Å². The summed E-state index contributed by atoms with van der Waals surface area (Å²) < 4.78 is 0. The van der Waals surface area contributed by atoms with Crippen LogP contribution < -0.4 is 11.1 Å². The summed E-state index contributed by atoms with van der Waals surface area (Å²) in [6, 6.07) is 8.47. The van der Waals surface area contributed by atoms with E-state index < -0.39 is 0 Å². The van der Waals surface area contributed by atoms with E-state index in [1.54, 1.807) is 11.8 Å². The molecule has 1 aromatic carbocycles. The second-order valence-corrected chi connectivity index (χ2v) is 6.24. The summed E-state index contributed by atoms with van der Waals surface area (Å²) in [5.74, 6) is 1.55. The van der Waals surface area contributed by atoms with Gasteiger partial charge in [0.05, 0.1) is 11.3 Å². The largest absolute Gasteiger partial charge is 0.380 e. The third kappa shape index (κ3) is 4.77. The summed E-state index contributed by atoms with van der Waals surface area (Å²) in [6.07, 6.45) is 1.01. The molecule has 3 nitrogen and oxygen atoms in total.